The zero-order valence-corrected chi connectivity index (χ0v) is 74.5. The third-order valence-corrected chi connectivity index (χ3v) is 20.3. The highest BCUT2D eigenvalue weighted by Gasteiger charge is 2.29. The lowest BCUT2D eigenvalue weighted by Gasteiger charge is -2.24. The van der Waals surface area contributed by atoms with Gasteiger partial charge >= 0.3 is 0 Å². The second-order valence-corrected chi connectivity index (χ2v) is 31.8. The Morgan fingerprint density at radius 2 is 1.07 bits per heavy atom. The summed E-state index contributed by atoms with van der Waals surface area (Å²) >= 11 is 0. The molecule has 7 amide bonds. The first kappa shape index (κ1) is 111. The number of hydrogen-bond donors (Lipinski definition) is 13. The minimum absolute atomic E-state index is 0.000297. The van der Waals surface area contributed by atoms with E-state index in [0.29, 0.717) is 37.6 Å². The molecule has 1 heterocycles. The number of aromatic amines is 1. The van der Waals surface area contributed by atoms with Gasteiger partial charge in [-0.15, -0.1) is 0 Å². The van der Waals surface area contributed by atoms with Crippen LogP contribution in [0.15, 0.2) is 79.0 Å². The molecule has 8 atom stereocenters. The van der Waals surface area contributed by atoms with Gasteiger partial charge in [-0.1, -0.05) is 147 Å². The first-order valence-corrected chi connectivity index (χ1v) is 44.2. The van der Waals surface area contributed by atoms with Crippen LogP contribution in [0.4, 0.5) is 5.69 Å². The number of H-pyrrole nitrogens is 1. The maximum atomic E-state index is 13.5. The van der Waals surface area contributed by atoms with Gasteiger partial charge in [-0.3, -0.25) is 52.7 Å². The number of carboxylic acids is 4. The molecule has 32 heteroatoms. The molecule has 0 aliphatic rings. The summed E-state index contributed by atoms with van der Waals surface area (Å²) in [5.74, 6) is -8.87. The number of amides is 7. The number of carbonyl (C=O) groups is 15. The van der Waals surface area contributed by atoms with Crippen molar-refractivity contribution in [2.45, 2.75) is 298 Å². The predicted octanol–water partition coefficient (Wildman–Crippen LogP) is 0.627. The smallest absolute Gasteiger partial charge is 0.243 e. The molecule has 1 aromatic heterocycles. The average molecular weight is 1730 g/mol. The summed E-state index contributed by atoms with van der Waals surface area (Å²) in [4.78, 5) is 178. The largest absolute Gasteiger partial charge is 0.550 e. The fourth-order valence-electron chi connectivity index (χ4n) is 13.3. The van der Waals surface area contributed by atoms with Gasteiger partial charge in [-0.05, 0) is 143 Å². The molecule has 0 saturated carbocycles. The van der Waals surface area contributed by atoms with Crippen molar-refractivity contribution < 1.29 is 114 Å². The first-order valence-electron chi connectivity index (χ1n) is 44.2. The number of Topliss-reactive ketones (excluding diaryl/α,β-unsaturated/α-hetero) is 4. The van der Waals surface area contributed by atoms with Crippen molar-refractivity contribution in [3.8, 4) is 11.1 Å². The van der Waals surface area contributed by atoms with E-state index >= 15 is 0 Å². The van der Waals surface area contributed by atoms with Crippen molar-refractivity contribution in [2.24, 2.45) is 11.8 Å². The molecule has 0 aliphatic carbocycles. The van der Waals surface area contributed by atoms with Gasteiger partial charge in [0.05, 0.1) is 50.1 Å². The second kappa shape index (κ2) is 67.4. The van der Waals surface area contributed by atoms with Crippen LogP contribution in [0.3, 0.4) is 0 Å². The Bertz CT molecular complexity index is 3820. The number of nitrogens with one attached hydrogen (secondary N) is 9. The van der Waals surface area contributed by atoms with Gasteiger partial charge in [0.25, 0.3) is 0 Å². The summed E-state index contributed by atoms with van der Waals surface area (Å²) < 4.78 is 0. The molecule has 0 bridgehead atoms. The number of carbonyl (C=O) groups excluding carboxylic acids is 15. The van der Waals surface area contributed by atoms with Crippen molar-refractivity contribution in [3.63, 3.8) is 0 Å². The Morgan fingerprint density at radius 3 is 1.65 bits per heavy atom. The predicted molar refractivity (Wildman–Crippen MR) is 461 cm³/mol. The van der Waals surface area contributed by atoms with Crippen molar-refractivity contribution in [1.29, 1.82) is 0 Å². The molecular formula is C91H145N13O19. The van der Waals surface area contributed by atoms with Crippen molar-refractivity contribution in [2.75, 3.05) is 57.7 Å². The highest BCUT2D eigenvalue weighted by molar-refractivity contribution is 5.92. The number of ketones is 4. The lowest BCUT2D eigenvalue weighted by atomic mass is 9.91. The maximum absolute atomic E-state index is 13.5. The van der Waals surface area contributed by atoms with E-state index in [1.54, 1.807) is 20.0 Å². The number of benzene rings is 3. The summed E-state index contributed by atoms with van der Waals surface area (Å²) in [6.07, 6.45) is 23.3. The molecule has 688 valence electrons. The molecule has 123 heavy (non-hydrogen) atoms. The topological polar surface area (TPSA) is 549 Å². The number of aromatic nitrogens is 1. The monoisotopic (exact) mass is 1720 g/mol. The molecule has 3 aromatic carbocycles. The second-order valence-electron chi connectivity index (χ2n) is 31.8. The van der Waals surface area contributed by atoms with Crippen LogP contribution in [0.1, 0.15) is 260 Å². The van der Waals surface area contributed by atoms with E-state index in [1.165, 1.54) is 90.0 Å². The SMILES string of the molecule is CC(=O)N[C@H](CCC(=O)[O-])C(=O)N[C@H](CCNC(=O)[C@H](CC(=O)[C@H](C)[NH3+])Cc1c[nH]c2ccccc12)C(=O)[O-].CCC(=O)NCC[C@@H](NC(=O)CCCC(=O)[O-])C(=O)[O-].CCCCCCCCCCCC(=O)CCCNCCC.CCCC[C@H]([NH3+])C[NH2+]CC[C@H]([NH2+]CCCC(=O)CNC(C)=O)C(=O)C[C@@H](C)Cc1ccc(-c2ccc(NC(C)=O)cc2)cc1. The lowest BCUT2D eigenvalue weighted by Crippen LogP contribution is -2.95. The van der Waals surface area contributed by atoms with Gasteiger partial charge in [0.2, 0.25) is 41.4 Å². The van der Waals surface area contributed by atoms with Crippen LogP contribution in [-0.2, 0) is 84.8 Å². The fourth-order valence-corrected chi connectivity index (χ4v) is 13.3. The number of quaternary nitrogens is 4. The third-order valence-electron chi connectivity index (χ3n) is 20.3. The third kappa shape index (κ3) is 55.6. The molecule has 4 aromatic rings. The van der Waals surface area contributed by atoms with Crippen molar-refractivity contribution >= 4 is 105 Å². The van der Waals surface area contributed by atoms with E-state index in [-0.39, 0.29) is 124 Å². The van der Waals surface area contributed by atoms with Gasteiger partial charge in [0.1, 0.15) is 30.5 Å². The van der Waals surface area contributed by atoms with E-state index < -0.39 is 84.0 Å². The van der Waals surface area contributed by atoms with Gasteiger partial charge in [0, 0.05) is 132 Å². The average Bonchev–Trinajstić information content (AvgIpc) is 1.69. The molecule has 19 N–H and O–H groups in total. The van der Waals surface area contributed by atoms with Crippen LogP contribution in [0.5, 0.6) is 0 Å². The summed E-state index contributed by atoms with van der Waals surface area (Å²) in [5.41, 5.74) is 13.9. The summed E-state index contributed by atoms with van der Waals surface area (Å²) in [6.45, 7) is 20.7. The zero-order chi connectivity index (χ0) is 91.9. The highest BCUT2D eigenvalue weighted by Crippen LogP contribution is 2.25. The number of hydrogen-bond acceptors (Lipinski definition) is 20. The number of anilines is 1. The number of unbranched alkanes of at least 4 members (excludes halogenated alkanes) is 9. The van der Waals surface area contributed by atoms with Gasteiger partial charge < -0.3 is 109 Å². The Balaban J connectivity index is 0.000000870. The fraction of sp³-hybridized carbons (Fsp3) is 0.615. The van der Waals surface area contributed by atoms with Crippen LogP contribution < -0.4 is 85.1 Å². The summed E-state index contributed by atoms with van der Waals surface area (Å²) in [6, 6.07) is 19.5. The molecular weight excluding hydrogens is 1580 g/mol. The van der Waals surface area contributed by atoms with Gasteiger partial charge in [-0.25, -0.2) is 0 Å². The quantitative estimate of drug-likeness (QED) is 0.0270. The minimum Gasteiger partial charge on any atom is -0.550 e. The standard InChI is InChI=1S/C35H53N5O4.C26H35N5O8.C18H37NO.C12H20N2O6/c1-5-6-8-31(36)23-37-20-18-34(38-19-7-9-33(43)24-39-26(3)41)35(44)22-25(2)21-28-10-12-29(13-11-28)30-14-16-32(17-15-30)40-27(4)42;1-14(27)22(33)12-16(11-17-13-29-19-6-4-3-5-18(17)19)24(36)28-10-9-21(26(38)39)31-25(37)20(30-15(2)32)7-8-23(34)35;1-3-5-6-7-8-9-10-11-12-14-18(20)15-13-17-19-16-4-2;1-2-9(15)13-7-6-8(12(19)20)14-10(16)4-3-5-11(17)18/h10-17,25,31,34,37-38H,5-9,18-24,36H2,1-4H3,(H,39,41)(H,40,42);3-6,13-14,16,20-21,29H,7-12,27H2,1-2H3,(H,28,36)(H,30,32)(H,31,37)(H,34,35)(H,38,39);19H,3-17H2,1-2H3;8H,2-7H2,1H3,(H,13,15)(H,14,16)(H,17,18)(H,19,20)/t25-,31-,34-;14-,16-,20+,21+;;8-/m00.1/s1. The molecule has 0 unspecified atom stereocenters. The van der Waals surface area contributed by atoms with E-state index in [4.69, 9.17) is 0 Å². The first-order chi connectivity index (χ1) is 58.6. The highest BCUT2D eigenvalue weighted by atomic mass is 16.4. The lowest BCUT2D eigenvalue weighted by molar-refractivity contribution is -0.704. The van der Waals surface area contributed by atoms with E-state index in [0.717, 1.165) is 111 Å². The minimum atomic E-state index is -1.63. The number of nitrogens with two attached hydrogens (primary N) is 2. The molecule has 0 radical (unpaired) electrons. The number of carboxylic acid groups (broad SMARTS) is 4. The van der Waals surface area contributed by atoms with Crippen LogP contribution in [0.2, 0.25) is 0 Å². The molecule has 0 fully saturated rings. The van der Waals surface area contributed by atoms with Crippen LogP contribution in [-0.4, -0.2) is 182 Å². The normalized spacial score (nSPS) is 12.8. The summed E-state index contributed by atoms with van der Waals surface area (Å²) in [5, 5.41) is 69.1. The molecule has 0 saturated heterocycles. The van der Waals surface area contributed by atoms with Gasteiger partial charge in [-0.2, -0.15) is 0 Å². The molecule has 4 rings (SSSR count). The number of fused-ring (bicyclic) bond motifs is 1. The van der Waals surface area contributed by atoms with Crippen molar-refractivity contribution in [1.82, 2.24) is 42.2 Å². The Hall–Kier alpha value is -10.2. The molecule has 0 spiro atoms. The summed E-state index contributed by atoms with van der Waals surface area (Å²) in [7, 11) is 0. The maximum Gasteiger partial charge on any atom is 0.243 e. The number of aliphatic carboxylic acids is 4. The van der Waals surface area contributed by atoms with Crippen LogP contribution in [0, 0.1) is 11.8 Å². The Kier molecular flexibility index (Phi) is 60.7. The number of para-hydroxylation sites is 1. The van der Waals surface area contributed by atoms with E-state index in [9.17, 15) is 92.3 Å². The van der Waals surface area contributed by atoms with E-state index in [1.807, 2.05) is 48.5 Å². The molecule has 32 nitrogen and oxygen atoms in total. The zero-order valence-electron chi connectivity index (χ0n) is 74.5. The Labute approximate surface area is 726 Å². The van der Waals surface area contributed by atoms with Crippen molar-refractivity contribution in [3.05, 3.63) is 90.1 Å². The molecule has 0 aliphatic heterocycles. The Morgan fingerprint density at radius 1 is 0.472 bits per heavy atom. The number of rotatable bonds is 64. The van der Waals surface area contributed by atoms with Crippen LogP contribution >= 0.6 is 0 Å². The van der Waals surface area contributed by atoms with E-state index in [2.05, 4.69) is 122 Å². The van der Waals surface area contributed by atoms with Gasteiger partial charge in [0.15, 0.2) is 23.4 Å². The van der Waals surface area contributed by atoms with Crippen LogP contribution in [0.25, 0.3) is 22.0 Å².